The Kier molecular flexibility index (Phi) is 6.90. The van der Waals surface area contributed by atoms with Crippen molar-refractivity contribution < 1.29 is 4.39 Å². The van der Waals surface area contributed by atoms with Gasteiger partial charge in [0.25, 0.3) is 0 Å². The number of hydrogen-bond acceptors (Lipinski definition) is 1. The lowest BCUT2D eigenvalue weighted by molar-refractivity contribution is 0.438. The molecule has 0 unspecified atom stereocenters. The molecule has 1 saturated carbocycles. The van der Waals surface area contributed by atoms with Gasteiger partial charge in [0.1, 0.15) is 11.9 Å². The van der Waals surface area contributed by atoms with Gasteiger partial charge in [-0.2, -0.15) is 5.26 Å². The summed E-state index contributed by atoms with van der Waals surface area (Å²) in [5.41, 5.74) is 2.23. The molecular weight excluding hydrogens is 273 g/mol. The summed E-state index contributed by atoms with van der Waals surface area (Å²) in [7, 11) is 0. The van der Waals surface area contributed by atoms with Gasteiger partial charge < -0.3 is 0 Å². The molecule has 0 atom stereocenters. The van der Waals surface area contributed by atoms with E-state index in [0.717, 1.165) is 24.8 Å². The van der Waals surface area contributed by atoms with Crippen LogP contribution in [0.1, 0.15) is 93.7 Å². The van der Waals surface area contributed by atoms with Gasteiger partial charge in [0.2, 0.25) is 0 Å². The van der Waals surface area contributed by atoms with Gasteiger partial charge in [0.05, 0.1) is 5.56 Å². The fourth-order valence-corrected chi connectivity index (χ4v) is 3.68. The van der Waals surface area contributed by atoms with Crippen LogP contribution in [0.4, 0.5) is 4.39 Å². The van der Waals surface area contributed by atoms with E-state index in [1.54, 1.807) is 6.07 Å². The maximum Gasteiger partial charge on any atom is 0.144 e. The molecule has 1 fully saturated rings. The largest absolute Gasteiger partial charge is 0.205 e. The van der Waals surface area contributed by atoms with E-state index in [1.165, 1.54) is 56.9 Å². The van der Waals surface area contributed by atoms with Gasteiger partial charge in [-0.3, -0.25) is 0 Å². The predicted molar refractivity (Wildman–Crippen MR) is 89.4 cm³/mol. The number of nitrogens with zero attached hydrogens (tertiary/aromatic N) is 1. The summed E-state index contributed by atoms with van der Waals surface area (Å²) in [6.07, 6.45) is 12.9. The van der Waals surface area contributed by atoms with E-state index in [4.69, 9.17) is 5.26 Å². The summed E-state index contributed by atoms with van der Waals surface area (Å²) in [4.78, 5) is 0. The van der Waals surface area contributed by atoms with Gasteiger partial charge in [0.15, 0.2) is 0 Å². The molecule has 0 aliphatic heterocycles. The Hall–Kier alpha value is -1.36. The second kappa shape index (κ2) is 8.93. The van der Waals surface area contributed by atoms with Gasteiger partial charge in [0, 0.05) is 0 Å². The fraction of sp³-hybridized carbons (Fsp3) is 0.650. The molecule has 0 radical (unpaired) electrons. The molecule has 2 heteroatoms. The van der Waals surface area contributed by atoms with Gasteiger partial charge in [-0.15, -0.1) is 0 Å². The van der Waals surface area contributed by atoms with Crippen LogP contribution < -0.4 is 0 Å². The smallest absolute Gasteiger partial charge is 0.144 e. The highest BCUT2D eigenvalue weighted by molar-refractivity contribution is 5.42. The van der Waals surface area contributed by atoms with Crippen molar-refractivity contribution in [1.29, 1.82) is 5.26 Å². The van der Waals surface area contributed by atoms with Crippen molar-refractivity contribution in [3.05, 3.63) is 34.6 Å². The first-order valence-electron chi connectivity index (χ1n) is 8.99. The second-order valence-corrected chi connectivity index (χ2v) is 6.61. The lowest BCUT2D eigenvalue weighted by Gasteiger charge is -2.25. The fourth-order valence-electron chi connectivity index (χ4n) is 3.68. The van der Waals surface area contributed by atoms with Crippen LogP contribution in [0.2, 0.25) is 0 Å². The van der Waals surface area contributed by atoms with Crippen molar-refractivity contribution >= 4 is 0 Å². The number of unbranched alkanes of at least 4 members (excludes halogenated alkanes) is 4. The van der Waals surface area contributed by atoms with Crippen LogP contribution in [0.15, 0.2) is 12.1 Å². The van der Waals surface area contributed by atoms with E-state index < -0.39 is 0 Å². The van der Waals surface area contributed by atoms with Gasteiger partial charge in [-0.25, -0.2) is 4.39 Å². The van der Waals surface area contributed by atoms with Crippen molar-refractivity contribution in [2.24, 2.45) is 0 Å². The van der Waals surface area contributed by atoms with Crippen LogP contribution in [0.3, 0.4) is 0 Å². The molecule has 0 heterocycles. The van der Waals surface area contributed by atoms with E-state index in [0.29, 0.717) is 5.92 Å². The zero-order valence-corrected chi connectivity index (χ0v) is 13.8. The van der Waals surface area contributed by atoms with E-state index in [1.807, 2.05) is 12.1 Å². The average Bonchev–Trinajstić information content (AvgIpc) is 2.56. The normalized spacial score (nSPS) is 15.7. The average molecular weight is 301 g/mol. The van der Waals surface area contributed by atoms with E-state index in [9.17, 15) is 4.39 Å². The topological polar surface area (TPSA) is 23.8 Å². The molecule has 1 aliphatic carbocycles. The minimum absolute atomic E-state index is 0.211. The van der Waals surface area contributed by atoms with Crippen molar-refractivity contribution in [1.82, 2.24) is 0 Å². The molecule has 0 N–H and O–H groups in total. The van der Waals surface area contributed by atoms with Gasteiger partial charge >= 0.3 is 0 Å². The van der Waals surface area contributed by atoms with Crippen LogP contribution in [0.5, 0.6) is 0 Å². The van der Waals surface area contributed by atoms with E-state index in [2.05, 4.69) is 6.92 Å². The molecule has 1 nitrogen and oxygen atoms in total. The molecule has 0 amide bonds. The van der Waals surface area contributed by atoms with Crippen LogP contribution >= 0.6 is 0 Å². The number of nitriles is 1. The lowest BCUT2D eigenvalue weighted by atomic mass is 9.80. The van der Waals surface area contributed by atoms with Crippen molar-refractivity contribution in [3.8, 4) is 6.07 Å². The number of hydrogen-bond donors (Lipinski definition) is 0. The molecule has 120 valence electrons. The summed E-state index contributed by atoms with van der Waals surface area (Å²) in [5.74, 6) is 0.252. The maximum absolute atomic E-state index is 14.6. The van der Waals surface area contributed by atoms with Crippen LogP contribution in [-0.2, 0) is 6.42 Å². The molecule has 0 saturated heterocycles. The highest BCUT2D eigenvalue weighted by atomic mass is 19.1. The Labute approximate surface area is 134 Å². The molecule has 22 heavy (non-hydrogen) atoms. The van der Waals surface area contributed by atoms with Gasteiger partial charge in [-0.1, -0.05) is 57.9 Å². The number of rotatable bonds is 7. The van der Waals surface area contributed by atoms with Crippen molar-refractivity contribution in [2.75, 3.05) is 0 Å². The van der Waals surface area contributed by atoms with Crippen LogP contribution in [-0.4, -0.2) is 0 Å². The third-order valence-corrected chi connectivity index (χ3v) is 4.98. The highest BCUT2D eigenvalue weighted by Gasteiger charge is 2.21. The molecule has 1 aromatic carbocycles. The molecule has 0 bridgehead atoms. The van der Waals surface area contributed by atoms with Crippen LogP contribution in [0, 0.1) is 17.1 Å². The minimum atomic E-state index is -0.249. The Morgan fingerprint density at radius 3 is 2.50 bits per heavy atom. The van der Waals surface area contributed by atoms with E-state index >= 15 is 0 Å². The molecule has 0 spiro atoms. The minimum Gasteiger partial charge on any atom is -0.205 e. The first-order chi connectivity index (χ1) is 10.8. The third kappa shape index (κ3) is 4.32. The van der Waals surface area contributed by atoms with Crippen molar-refractivity contribution in [2.45, 2.75) is 83.5 Å². The monoisotopic (exact) mass is 301 g/mol. The predicted octanol–water partition coefficient (Wildman–Crippen LogP) is 6.26. The Morgan fingerprint density at radius 2 is 1.82 bits per heavy atom. The van der Waals surface area contributed by atoms with E-state index in [-0.39, 0.29) is 11.4 Å². The lowest BCUT2D eigenvalue weighted by Crippen LogP contribution is -2.10. The third-order valence-electron chi connectivity index (χ3n) is 4.98. The number of halogens is 1. The summed E-state index contributed by atoms with van der Waals surface area (Å²) in [6, 6.07) is 5.71. The standard InChI is InChI=1S/C20H28FN/c1-2-3-4-5-9-12-19-18(16-10-7-6-8-11-16)14-13-17(15-22)20(19)21/h13-14,16H,2-12H2,1H3. The molecule has 2 rings (SSSR count). The SMILES string of the molecule is CCCCCCCc1c(C2CCCCC2)ccc(C#N)c1F. The Morgan fingerprint density at radius 1 is 1.09 bits per heavy atom. The summed E-state index contributed by atoms with van der Waals surface area (Å²) in [6.45, 7) is 2.21. The first kappa shape index (κ1) is 17.0. The maximum atomic E-state index is 14.6. The molecular formula is C20H28FN. The molecule has 1 aliphatic rings. The Balaban J connectivity index is 2.13. The van der Waals surface area contributed by atoms with Gasteiger partial charge in [-0.05, 0) is 48.8 Å². The zero-order valence-electron chi connectivity index (χ0n) is 13.8. The van der Waals surface area contributed by atoms with Crippen LogP contribution in [0.25, 0.3) is 0 Å². The highest BCUT2D eigenvalue weighted by Crippen LogP contribution is 2.36. The second-order valence-electron chi connectivity index (χ2n) is 6.61. The summed E-state index contributed by atoms with van der Waals surface area (Å²) in [5, 5.41) is 9.10. The summed E-state index contributed by atoms with van der Waals surface area (Å²) >= 11 is 0. The molecule has 0 aromatic heterocycles. The first-order valence-corrected chi connectivity index (χ1v) is 8.99. The zero-order chi connectivity index (χ0) is 15.8. The summed E-state index contributed by atoms with van der Waals surface area (Å²) < 4.78 is 14.6. The number of benzene rings is 1. The van der Waals surface area contributed by atoms with Crippen molar-refractivity contribution in [3.63, 3.8) is 0 Å². The quantitative estimate of drug-likeness (QED) is 0.545. The molecule has 1 aromatic rings. The Bertz CT molecular complexity index is 509.